The van der Waals surface area contributed by atoms with Crippen LogP contribution in [0.25, 0.3) is 66.1 Å². The third kappa shape index (κ3) is 4.51. The Morgan fingerprint density at radius 1 is 0.347 bits per heavy atom. The maximum atomic E-state index is 6.62. The van der Waals surface area contributed by atoms with Crippen molar-refractivity contribution in [3.63, 3.8) is 0 Å². The van der Waals surface area contributed by atoms with Gasteiger partial charge in [0.2, 0.25) is 0 Å². The van der Waals surface area contributed by atoms with Gasteiger partial charge in [-0.05, 0) is 99.9 Å². The molecule has 1 aliphatic heterocycles. The van der Waals surface area contributed by atoms with Gasteiger partial charge in [0.15, 0.2) is 0 Å². The molecule has 0 saturated carbocycles. The number of ether oxygens (including phenoxy) is 1. The molecule has 1 aliphatic rings. The summed E-state index contributed by atoms with van der Waals surface area (Å²) in [5, 5.41) is 4.53. The minimum atomic E-state index is 0.884. The van der Waals surface area contributed by atoms with Crippen molar-refractivity contribution in [2.45, 2.75) is 0 Å². The molecule has 0 N–H and O–H groups in total. The van der Waals surface area contributed by atoms with Gasteiger partial charge in [-0.15, -0.1) is 0 Å². The van der Waals surface area contributed by atoms with Crippen LogP contribution < -0.4 is 9.64 Å². The monoisotopic (exact) mass is 627 g/mol. The van der Waals surface area contributed by atoms with Crippen molar-refractivity contribution in [2.24, 2.45) is 0 Å². The van der Waals surface area contributed by atoms with E-state index in [9.17, 15) is 0 Å². The van der Waals surface area contributed by atoms with Crippen LogP contribution in [0, 0.1) is 0 Å². The molecule has 0 atom stereocenters. The summed E-state index contributed by atoms with van der Waals surface area (Å²) in [6.45, 7) is 0. The summed E-state index contributed by atoms with van der Waals surface area (Å²) in [6.07, 6.45) is 0. The van der Waals surface area contributed by atoms with E-state index in [-0.39, 0.29) is 0 Å². The van der Waals surface area contributed by atoms with Crippen molar-refractivity contribution in [1.29, 1.82) is 0 Å². The van der Waals surface area contributed by atoms with E-state index in [1.807, 2.05) is 18.2 Å². The van der Waals surface area contributed by atoms with Crippen LogP contribution in [0.2, 0.25) is 0 Å². The Morgan fingerprint density at radius 3 is 1.94 bits per heavy atom. The summed E-state index contributed by atoms with van der Waals surface area (Å²) in [5.41, 5.74) is 11.9. The molecule has 0 aliphatic carbocycles. The Bertz CT molecular complexity index is 2690. The van der Waals surface area contributed by atoms with Gasteiger partial charge in [-0.3, -0.25) is 0 Å². The SMILES string of the molecule is c1ccc(-c2ccc3c(c2)Oc2ccc(-c4cccc(N(c5ccccc5)c5ccc6oc7ccccc7c6c5)c4)c4cccc-3c24)cc1. The van der Waals surface area contributed by atoms with Crippen molar-refractivity contribution >= 4 is 49.8 Å². The Morgan fingerprint density at radius 2 is 1.04 bits per heavy atom. The van der Waals surface area contributed by atoms with Gasteiger partial charge in [0.05, 0.1) is 0 Å². The van der Waals surface area contributed by atoms with Gasteiger partial charge < -0.3 is 14.1 Å². The lowest BCUT2D eigenvalue weighted by molar-refractivity contribution is 0.487. The zero-order chi connectivity index (χ0) is 32.3. The Hall–Kier alpha value is -6.58. The summed E-state index contributed by atoms with van der Waals surface area (Å²) in [5.74, 6) is 1.77. The molecule has 0 fully saturated rings. The number of rotatable bonds is 5. The molecule has 3 nitrogen and oxygen atoms in total. The van der Waals surface area contributed by atoms with Crippen molar-refractivity contribution in [3.8, 4) is 44.9 Å². The zero-order valence-corrected chi connectivity index (χ0v) is 26.5. The number of hydrogen-bond donors (Lipinski definition) is 0. The number of furan rings is 1. The molecule has 230 valence electrons. The molecule has 0 spiro atoms. The van der Waals surface area contributed by atoms with Crippen LogP contribution >= 0.6 is 0 Å². The van der Waals surface area contributed by atoms with Gasteiger partial charge in [0.1, 0.15) is 22.7 Å². The summed E-state index contributed by atoms with van der Waals surface area (Å²) in [7, 11) is 0. The van der Waals surface area contributed by atoms with Crippen LogP contribution in [0.5, 0.6) is 11.5 Å². The van der Waals surface area contributed by atoms with E-state index in [1.165, 1.54) is 22.1 Å². The first kappa shape index (κ1) is 27.5. The minimum absolute atomic E-state index is 0.884. The van der Waals surface area contributed by atoms with Crippen molar-refractivity contribution in [1.82, 2.24) is 0 Å². The lowest BCUT2D eigenvalue weighted by Crippen LogP contribution is -2.09. The van der Waals surface area contributed by atoms with E-state index >= 15 is 0 Å². The average molecular weight is 628 g/mol. The molecule has 2 heterocycles. The number of para-hydroxylation sites is 2. The fourth-order valence-electron chi connectivity index (χ4n) is 7.38. The highest BCUT2D eigenvalue weighted by molar-refractivity contribution is 6.10. The van der Waals surface area contributed by atoms with Gasteiger partial charge in [-0.1, -0.05) is 109 Å². The van der Waals surface area contributed by atoms with Crippen molar-refractivity contribution < 1.29 is 9.15 Å². The van der Waals surface area contributed by atoms with Gasteiger partial charge >= 0.3 is 0 Å². The van der Waals surface area contributed by atoms with Gasteiger partial charge in [0, 0.05) is 38.8 Å². The fourth-order valence-corrected chi connectivity index (χ4v) is 7.38. The summed E-state index contributed by atoms with van der Waals surface area (Å²) in [4.78, 5) is 2.32. The smallest absolute Gasteiger partial charge is 0.135 e. The Kier molecular flexibility index (Phi) is 6.18. The molecule has 0 unspecified atom stereocenters. The third-order valence-corrected chi connectivity index (χ3v) is 9.65. The van der Waals surface area contributed by atoms with E-state index in [0.717, 1.165) is 72.6 Å². The van der Waals surface area contributed by atoms with Crippen LogP contribution in [0.1, 0.15) is 0 Å². The molecule has 9 aromatic rings. The maximum absolute atomic E-state index is 6.62. The highest BCUT2D eigenvalue weighted by atomic mass is 16.5. The molecule has 0 amide bonds. The Balaban J connectivity index is 1.10. The Labute approximate surface area is 283 Å². The lowest BCUT2D eigenvalue weighted by Gasteiger charge is -2.26. The van der Waals surface area contributed by atoms with Gasteiger partial charge in [-0.2, -0.15) is 0 Å². The zero-order valence-electron chi connectivity index (χ0n) is 26.5. The molecular weight excluding hydrogens is 599 g/mol. The molecule has 10 rings (SSSR count). The predicted molar refractivity (Wildman–Crippen MR) is 202 cm³/mol. The first-order valence-electron chi connectivity index (χ1n) is 16.6. The molecule has 8 aromatic carbocycles. The van der Waals surface area contributed by atoms with Crippen molar-refractivity contribution in [3.05, 3.63) is 176 Å². The fraction of sp³-hybridized carbons (Fsp3) is 0. The van der Waals surface area contributed by atoms with Crippen molar-refractivity contribution in [2.75, 3.05) is 4.90 Å². The first-order chi connectivity index (χ1) is 24.3. The van der Waals surface area contributed by atoms with E-state index < -0.39 is 0 Å². The maximum Gasteiger partial charge on any atom is 0.135 e. The second-order valence-electron chi connectivity index (χ2n) is 12.5. The molecule has 0 radical (unpaired) electrons. The van der Waals surface area contributed by atoms with Crippen LogP contribution in [0.4, 0.5) is 17.1 Å². The largest absolute Gasteiger partial charge is 0.456 e. The molecule has 3 heteroatoms. The van der Waals surface area contributed by atoms with E-state index in [2.05, 4.69) is 163 Å². The molecular formula is C46H29NO2. The van der Waals surface area contributed by atoms with Crippen LogP contribution in [-0.4, -0.2) is 0 Å². The molecule has 0 saturated heterocycles. The van der Waals surface area contributed by atoms with E-state index in [4.69, 9.17) is 9.15 Å². The highest BCUT2D eigenvalue weighted by Gasteiger charge is 2.23. The summed E-state index contributed by atoms with van der Waals surface area (Å²) in [6, 6.07) is 62.0. The lowest BCUT2D eigenvalue weighted by atomic mass is 9.89. The number of benzene rings is 8. The highest BCUT2D eigenvalue weighted by Crippen LogP contribution is 2.50. The predicted octanol–water partition coefficient (Wildman–Crippen LogP) is 13.3. The van der Waals surface area contributed by atoms with E-state index in [1.54, 1.807) is 0 Å². The van der Waals surface area contributed by atoms with E-state index in [0.29, 0.717) is 0 Å². The van der Waals surface area contributed by atoms with Crippen LogP contribution in [-0.2, 0) is 0 Å². The minimum Gasteiger partial charge on any atom is -0.456 e. The topological polar surface area (TPSA) is 25.6 Å². The number of fused-ring (bicyclic) bond motifs is 5. The quantitative estimate of drug-likeness (QED) is 0.190. The molecule has 49 heavy (non-hydrogen) atoms. The number of anilines is 3. The summed E-state index contributed by atoms with van der Waals surface area (Å²) >= 11 is 0. The standard InChI is InChI=1S/C46H29NO2/c1-3-11-30(12-4-1)31-21-23-38-40-19-10-18-39-36(24-26-44(46(39)40)49-45(38)28-31)32-13-9-16-34(27-32)47(33-14-5-2-6-15-33)35-22-25-43-41(29-35)37-17-7-8-20-42(37)48-43/h1-29H. The normalized spacial score (nSPS) is 11.8. The summed E-state index contributed by atoms with van der Waals surface area (Å²) < 4.78 is 12.8. The second kappa shape index (κ2) is 11.0. The van der Waals surface area contributed by atoms with Crippen LogP contribution in [0.3, 0.4) is 0 Å². The molecule has 0 bridgehead atoms. The molecule has 1 aromatic heterocycles. The average Bonchev–Trinajstić information content (AvgIpc) is 3.54. The number of nitrogens with zero attached hydrogens (tertiary/aromatic N) is 1. The van der Waals surface area contributed by atoms with Gasteiger partial charge in [-0.25, -0.2) is 0 Å². The third-order valence-electron chi connectivity index (χ3n) is 9.65. The second-order valence-corrected chi connectivity index (χ2v) is 12.5. The van der Waals surface area contributed by atoms with Gasteiger partial charge in [0.25, 0.3) is 0 Å². The first-order valence-corrected chi connectivity index (χ1v) is 16.6. The number of hydrogen-bond acceptors (Lipinski definition) is 3. The van der Waals surface area contributed by atoms with Crippen LogP contribution in [0.15, 0.2) is 180 Å².